The highest BCUT2D eigenvalue weighted by Crippen LogP contribution is 2.48. The second kappa shape index (κ2) is 20.6. The molecule has 0 bridgehead atoms. The minimum atomic E-state index is -1.57. The third-order valence-electron chi connectivity index (χ3n) is 12.2. The molecule has 6 aromatic rings. The molecular weight excluding hydrogens is 790 g/mol. The van der Waals surface area contributed by atoms with Crippen LogP contribution in [-0.2, 0) is 64.6 Å². The van der Waals surface area contributed by atoms with Crippen LogP contribution in [0.15, 0.2) is 158 Å². The zero-order chi connectivity index (χ0) is 42.8. The highest BCUT2D eigenvalue weighted by molar-refractivity contribution is 5.61. The van der Waals surface area contributed by atoms with Gasteiger partial charge in [-0.1, -0.05) is 140 Å². The Morgan fingerprint density at radius 2 is 1.30 bits per heavy atom. The molecule has 0 aliphatic carbocycles. The van der Waals surface area contributed by atoms with Gasteiger partial charge in [0.2, 0.25) is 0 Å². The molecule has 3 aliphatic rings. The standard InChI is InChI=1S/C55H56FNO6/c1-2-28-57-29-15-24-44-26-25-43(32-48(44)57)31-45-33-47(52(46-27-30-59-51(45)46)60-35-40-18-9-4-10-19-40)53-55(62-37-42-22-13-6-14-23-42)54(61-36-41-20-11-5-12-21-41)50(56)49(63-53)38-58-34-39-16-7-3-8-17-39/h2-14,16-23,25-26,32-33,49-50,53-55H,1,15,24,27-31,34-38H2/t49-,50-,53+,54+,55+/m1/s1. The third-order valence-corrected chi connectivity index (χ3v) is 12.2. The monoisotopic (exact) mass is 845 g/mol. The summed E-state index contributed by atoms with van der Waals surface area (Å²) in [5, 5.41) is 0. The summed E-state index contributed by atoms with van der Waals surface area (Å²) in [5.41, 5.74) is 10.5. The van der Waals surface area contributed by atoms with E-state index in [1.165, 1.54) is 16.8 Å². The largest absolute Gasteiger partial charge is 0.493 e. The lowest BCUT2D eigenvalue weighted by Gasteiger charge is -2.44. The predicted molar refractivity (Wildman–Crippen MR) is 245 cm³/mol. The summed E-state index contributed by atoms with van der Waals surface area (Å²) in [6.07, 6.45) is 0.223. The fourth-order valence-corrected chi connectivity index (χ4v) is 9.12. The number of hydrogen-bond acceptors (Lipinski definition) is 7. The Balaban J connectivity index is 1.14. The molecule has 324 valence electrons. The summed E-state index contributed by atoms with van der Waals surface area (Å²) in [6.45, 7) is 7.45. The first-order valence-corrected chi connectivity index (χ1v) is 22.3. The number of ether oxygens (including phenoxy) is 6. The van der Waals surface area contributed by atoms with Crippen molar-refractivity contribution in [2.24, 2.45) is 0 Å². The second-order valence-electron chi connectivity index (χ2n) is 16.7. The second-order valence-corrected chi connectivity index (χ2v) is 16.7. The van der Waals surface area contributed by atoms with E-state index >= 15 is 4.39 Å². The third kappa shape index (κ3) is 10.2. The number of rotatable bonds is 18. The molecule has 3 aliphatic heterocycles. The van der Waals surface area contributed by atoms with Gasteiger partial charge in [0.15, 0.2) is 6.17 Å². The number of halogens is 1. The first kappa shape index (κ1) is 42.5. The van der Waals surface area contributed by atoms with Crippen LogP contribution in [0.2, 0.25) is 0 Å². The van der Waals surface area contributed by atoms with Gasteiger partial charge in [-0.05, 0) is 63.9 Å². The molecule has 0 unspecified atom stereocenters. The average Bonchev–Trinajstić information content (AvgIpc) is 3.83. The van der Waals surface area contributed by atoms with E-state index in [1.54, 1.807) is 0 Å². The van der Waals surface area contributed by atoms with Crippen LogP contribution < -0.4 is 14.4 Å². The van der Waals surface area contributed by atoms with Crippen molar-refractivity contribution in [3.05, 3.63) is 208 Å². The van der Waals surface area contributed by atoms with Crippen molar-refractivity contribution in [3.63, 3.8) is 0 Å². The summed E-state index contributed by atoms with van der Waals surface area (Å²) in [5.74, 6) is 1.52. The van der Waals surface area contributed by atoms with Gasteiger partial charge in [-0.15, -0.1) is 6.58 Å². The fourth-order valence-electron chi connectivity index (χ4n) is 9.12. The molecule has 9 rings (SSSR count). The lowest BCUT2D eigenvalue weighted by molar-refractivity contribution is -0.248. The summed E-state index contributed by atoms with van der Waals surface area (Å²) >= 11 is 0. The highest BCUT2D eigenvalue weighted by Gasteiger charge is 2.50. The molecule has 0 aromatic heterocycles. The van der Waals surface area contributed by atoms with Gasteiger partial charge in [-0.3, -0.25) is 0 Å². The minimum Gasteiger partial charge on any atom is -0.493 e. The van der Waals surface area contributed by atoms with Crippen LogP contribution in [-0.4, -0.2) is 50.8 Å². The van der Waals surface area contributed by atoms with Gasteiger partial charge in [0.1, 0.15) is 42.5 Å². The van der Waals surface area contributed by atoms with E-state index in [0.29, 0.717) is 38.4 Å². The maximum absolute atomic E-state index is 17.4. The number of hydrogen-bond donors (Lipinski definition) is 0. The van der Waals surface area contributed by atoms with Crippen LogP contribution >= 0.6 is 0 Å². The van der Waals surface area contributed by atoms with Crippen molar-refractivity contribution in [2.45, 2.75) is 82.7 Å². The first-order chi connectivity index (χ1) is 31.1. The number of alkyl halides is 1. The first-order valence-electron chi connectivity index (χ1n) is 22.3. The van der Waals surface area contributed by atoms with E-state index in [9.17, 15) is 0 Å². The summed E-state index contributed by atoms with van der Waals surface area (Å²) < 4.78 is 57.7. The summed E-state index contributed by atoms with van der Waals surface area (Å²) in [6, 6.07) is 48.9. The smallest absolute Gasteiger partial charge is 0.157 e. The van der Waals surface area contributed by atoms with Gasteiger partial charge in [0, 0.05) is 42.7 Å². The Kier molecular flexibility index (Phi) is 13.9. The van der Waals surface area contributed by atoms with Crippen molar-refractivity contribution in [3.8, 4) is 11.5 Å². The maximum atomic E-state index is 17.4. The van der Waals surface area contributed by atoms with E-state index in [0.717, 1.165) is 70.6 Å². The van der Waals surface area contributed by atoms with E-state index in [-0.39, 0.29) is 19.8 Å². The summed E-state index contributed by atoms with van der Waals surface area (Å²) in [4.78, 5) is 2.41. The zero-order valence-electron chi connectivity index (χ0n) is 35.8. The Hall–Kier alpha value is -5.77. The molecule has 8 heteroatoms. The molecule has 5 atom stereocenters. The molecule has 0 radical (unpaired) electrons. The van der Waals surface area contributed by atoms with Crippen molar-refractivity contribution in [2.75, 3.05) is 31.2 Å². The Bertz CT molecular complexity index is 2400. The molecule has 0 spiro atoms. The molecule has 0 saturated carbocycles. The average molecular weight is 846 g/mol. The van der Waals surface area contributed by atoms with Crippen molar-refractivity contribution >= 4 is 5.69 Å². The number of benzene rings is 6. The predicted octanol–water partition coefficient (Wildman–Crippen LogP) is 10.9. The topological polar surface area (TPSA) is 58.6 Å². The molecular formula is C55H56FNO6. The van der Waals surface area contributed by atoms with Crippen LogP contribution in [0, 0.1) is 0 Å². The van der Waals surface area contributed by atoms with Crippen LogP contribution in [0.5, 0.6) is 11.5 Å². The van der Waals surface area contributed by atoms with Gasteiger partial charge in [0.25, 0.3) is 0 Å². The van der Waals surface area contributed by atoms with Gasteiger partial charge < -0.3 is 33.3 Å². The molecule has 6 aromatic carbocycles. The minimum absolute atomic E-state index is 0.0145. The van der Waals surface area contributed by atoms with Crippen LogP contribution in [0.3, 0.4) is 0 Å². The molecule has 0 N–H and O–H groups in total. The highest BCUT2D eigenvalue weighted by atomic mass is 19.1. The van der Waals surface area contributed by atoms with Crippen molar-refractivity contribution in [1.82, 2.24) is 0 Å². The van der Waals surface area contributed by atoms with Crippen molar-refractivity contribution < 1.29 is 32.8 Å². The quantitative estimate of drug-likeness (QED) is 0.0799. The number of anilines is 1. The van der Waals surface area contributed by atoms with Gasteiger partial charge >= 0.3 is 0 Å². The molecule has 7 nitrogen and oxygen atoms in total. The van der Waals surface area contributed by atoms with E-state index in [4.69, 9.17) is 28.4 Å². The van der Waals surface area contributed by atoms with Crippen molar-refractivity contribution in [1.29, 1.82) is 0 Å². The fraction of sp³-hybridized carbons (Fsp3) is 0.309. The molecule has 1 fully saturated rings. The normalized spacial score (nSPS) is 20.4. The molecule has 63 heavy (non-hydrogen) atoms. The van der Waals surface area contributed by atoms with E-state index in [2.05, 4.69) is 47.9 Å². The Labute approximate surface area is 371 Å². The van der Waals surface area contributed by atoms with Crippen LogP contribution in [0.4, 0.5) is 10.1 Å². The molecule has 0 amide bonds. The molecule has 3 heterocycles. The number of fused-ring (bicyclic) bond motifs is 2. The van der Waals surface area contributed by atoms with E-state index in [1.807, 2.05) is 115 Å². The molecule has 1 saturated heterocycles. The SMILES string of the molecule is C=CCN1CCCc2ccc(Cc3cc([C@@H]4O[C@H](COCc5ccccc5)[C@@H](F)[C@H](OCc5ccccc5)[C@H]4OCc4ccccc4)c(OCc4ccccc4)c4c3OCC4)cc21. The Morgan fingerprint density at radius 3 is 1.95 bits per heavy atom. The zero-order valence-corrected chi connectivity index (χ0v) is 35.8. The number of aryl methyl sites for hydroxylation is 1. The summed E-state index contributed by atoms with van der Waals surface area (Å²) in [7, 11) is 0. The van der Waals surface area contributed by atoms with Crippen LogP contribution in [0.1, 0.15) is 62.6 Å². The lowest BCUT2D eigenvalue weighted by atomic mass is 9.87. The van der Waals surface area contributed by atoms with Crippen LogP contribution in [0.25, 0.3) is 0 Å². The number of nitrogens with zero attached hydrogens (tertiary/aromatic N) is 1. The maximum Gasteiger partial charge on any atom is 0.157 e. The lowest BCUT2D eigenvalue weighted by Crippen LogP contribution is -2.55. The van der Waals surface area contributed by atoms with Gasteiger partial charge in [-0.25, -0.2) is 4.39 Å². The van der Waals surface area contributed by atoms with Gasteiger partial charge in [-0.2, -0.15) is 0 Å². The van der Waals surface area contributed by atoms with E-state index < -0.39 is 30.6 Å². The van der Waals surface area contributed by atoms with Gasteiger partial charge in [0.05, 0.1) is 33.0 Å². The Morgan fingerprint density at radius 1 is 0.683 bits per heavy atom.